The van der Waals surface area contributed by atoms with Crippen LogP contribution in [0, 0.1) is 6.92 Å². The Balaban J connectivity index is 2.11. The van der Waals surface area contributed by atoms with Crippen LogP contribution in [0.15, 0.2) is 16.9 Å². The fourth-order valence-corrected chi connectivity index (χ4v) is 3.00. The molecule has 0 amide bonds. The minimum atomic E-state index is -0.0888. The van der Waals surface area contributed by atoms with Gasteiger partial charge < -0.3 is 14.1 Å². The lowest BCUT2D eigenvalue weighted by molar-refractivity contribution is -0.117. The summed E-state index contributed by atoms with van der Waals surface area (Å²) >= 11 is 0. The van der Waals surface area contributed by atoms with Gasteiger partial charge in [0.25, 0.3) is 5.56 Å². The smallest absolute Gasteiger partial charge is 0.277 e. The first-order valence-electron chi connectivity index (χ1n) is 8.44. The summed E-state index contributed by atoms with van der Waals surface area (Å²) in [6.07, 6.45) is 1.85. The molecule has 0 N–H and O–H groups in total. The van der Waals surface area contributed by atoms with E-state index in [1.54, 1.807) is 24.6 Å². The molecule has 0 atom stereocenters. The number of carbonyl (C=O) groups is 1. The van der Waals surface area contributed by atoms with Gasteiger partial charge in [-0.15, -0.1) is 0 Å². The fraction of sp³-hybridized carbons (Fsp3) is 0.444. The number of Topliss-reactive ketones (excluding diaryl/α,β-unsaturated/α-hetero) is 1. The highest BCUT2D eigenvalue weighted by Gasteiger charge is 2.17. The Labute approximate surface area is 145 Å². The number of aryl methyl sites for hydroxylation is 3. The van der Waals surface area contributed by atoms with Crippen LogP contribution in [-0.2, 0) is 18.3 Å². The lowest BCUT2D eigenvalue weighted by atomic mass is 10.2. The Morgan fingerprint density at radius 3 is 2.72 bits per heavy atom. The number of fused-ring (bicyclic) bond motifs is 3. The van der Waals surface area contributed by atoms with Gasteiger partial charge in [0.1, 0.15) is 17.1 Å². The van der Waals surface area contributed by atoms with Crippen molar-refractivity contribution in [2.45, 2.75) is 40.0 Å². The number of nitrogens with zero attached hydrogens (tertiary/aromatic N) is 4. The van der Waals surface area contributed by atoms with Gasteiger partial charge in [0.2, 0.25) is 5.88 Å². The summed E-state index contributed by atoms with van der Waals surface area (Å²) in [5.41, 5.74) is 2.54. The maximum Gasteiger partial charge on any atom is 0.277 e. The number of aromatic nitrogens is 4. The summed E-state index contributed by atoms with van der Waals surface area (Å²) in [7, 11) is 1.73. The number of hydrogen-bond acceptors (Lipinski definition) is 5. The van der Waals surface area contributed by atoms with E-state index in [4.69, 9.17) is 4.74 Å². The molecule has 3 aromatic heterocycles. The molecule has 0 radical (unpaired) electrons. The van der Waals surface area contributed by atoms with Crippen LogP contribution in [0.2, 0.25) is 0 Å². The minimum Gasteiger partial charge on any atom is -0.478 e. The largest absolute Gasteiger partial charge is 0.478 e. The number of carbonyl (C=O) groups excluding carboxylic acids is 1. The molecule has 7 heteroatoms. The van der Waals surface area contributed by atoms with Crippen molar-refractivity contribution in [3.05, 3.63) is 34.0 Å². The van der Waals surface area contributed by atoms with Crippen molar-refractivity contribution in [2.75, 3.05) is 6.61 Å². The molecule has 3 rings (SSSR count). The highest BCUT2D eigenvalue weighted by atomic mass is 16.5. The lowest BCUT2D eigenvalue weighted by Gasteiger charge is -2.11. The van der Waals surface area contributed by atoms with E-state index < -0.39 is 0 Å². The molecule has 0 unspecified atom stereocenters. The number of ketones is 1. The van der Waals surface area contributed by atoms with Crippen LogP contribution in [0.25, 0.3) is 16.7 Å². The van der Waals surface area contributed by atoms with Crippen LogP contribution in [0.1, 0.15) is 38.2 Å². The molecular formula is C18H22N4O3. The third-order valence-corrected chi connectivity index (χ3v) is 4.27. The standard InChI is InChI=1S/C18H22N4O3/c1-5-14-19-12(3)16-18(24)21(4)13-8-9-15(20-17(13)22(14)16)25-10-6-7-11(2)23/h8-9H,5-7,10H2,1-4H3. The lowest BCUT2D eigenvalue weighted by Crippen LogP contribution is -2.21. The highest BCUT2D eigenvalue weighted by molar-refractivity contribution is 5.77. The van der Waals surface area contributed by atoms with Gasteiger partial charge in [-0.1, -0.05) is 6.92 Å². The summed E-state index contributed by atoms with van der Waals surface area (Å²) in [4.78, 5) is 32.8. The second-order valence-corrected chi connectivity index (χ2v) is 6.16. The van der Waals surface area contributed by atoms with E-state index in [9.17, 15) is 9.59 Å². The van der Waals surface area contributed by atoms with Crippen molar-refractivity contribution in [1.29, 1.82) is 0 Å². The molecule has 3 aromatic rings. The highest BCUT2D eigenvalue weighted by Crippen LogP contribution is 2.20. The number of imidazole rings is 1. The molecule has 25 heavy (non-hydrogen) atoms. The fourth-order valence-electron chi connectivity index (χ4n) is 3.00. The Hall–Kier alpha value is -2.70. The van der Waals surface area contributed by atoms with Crippen LogP contribution < -0.4 is 10.3 Å². The average Bonchev–Trinajstić information content (AvgIpc) is 2.93. The maximum absolute atomic E-state index is 12.7. The molecule has 0 aliphatic rings. The van der Waals surface area contributed by atoms with E-state index >= 15 is 0 Å². The van der Waals surface area contributed by atoms with Crippen LogP contribution in [0.3, 0.4) is 0 Å². The Morgan fingerprint density at radius 1 is 1.28 bits per heavy atom. The van der Waals surface area contributed by atoms with Crippen LogP contribution in [0.5, 0.6) is 5.88 Å². The summed E-state index contributed by atoms with van der Waals surface area (Å²) in [5.74, 6) is 1.43. The van der Waals surface area contributed by atoms with E-state index in [-0.39, 0.29) is 11.3 Å². The van der Waals surface area contributed by atoms with Crippen molar-refractivity contribution in [3.63, 3.8) is 0 Å². The van der Waals surface area contributed by atoms with E-state index in [1.807, 2.05) is 24.3 Å². The van der Waals surface area contributed by atoms with Crippen LogP contribution in [0.4, 0.5) is 0 Å². The first kappa shape index (κ1) is 17.1. The van der Waals surface area contributed by atoms with Crippen LogP contribution in [-0.4, -0.2) is 31.3 Å². The molecule has 0 spiro atoms. The second kappa shape index (κ2) is 6.66. The molecule has 0 saturated carbocycles. The molecule has 0 fully saturated rings. The summed E-state index contributed by atoms with van der Waals surface area (Å²) in [6.45, 7) is 5.83. The van der Waals surface area contributed by atoms with Gasteiger partial charge in [-0.3, -0.25) is 9.20 Å². The van der Waals surface area contributed by atoms with Crippen molar-refractivity contribution < 1.29 is 9.53 Å². The van der Waals surface area contributed by atoms with E-state index in [2.05, 4.69) is 9.97 Å². The Bertz CT molecular complexity index is 1020. The zero-order valence-corrected chi connectivity index (χ0v) is 15.0. The quantitative estimate of drug-likeness (QED) is 0.642. The Morgan fingerprint density at radius 2 is 2.04 bits per heavy atom. The second-order valence-electron chi connectivity index (χ2n) is 6.16. The predicted molar refractivity (Wildman–Crippen MR) is 95.3 cm³/mol. The Kier molecular flexibility index (Phi) is 4.57. The number of pyridine rings is 1. The monoisotopic (exact) mass is 342 g/mol. The topological polar surface area (TPSA) is 78.5 Å². The van der Waals surface area contributed by atoms with Crippen molar-refractivity contribution in [3.8, 4) is 5.88 Å². The molecule has 0 aromatic carbocycles. The predicted octanol–water partition coefficient (Wildman–Crippen LogP) is 2.20. The first-order chi connectivity index (χ1) is 11.9. The van der Waals surface area contributed by atoms with Crippen molar-refractivity contribution in [2.24, 2.45) is 7.05 Å². The molecule has 0 aliphatic carbocycles. The van der Waals surface area contributed by atoms with Gasteiger partial charge in [-0.2, -0.15) is 4.98 Å². The first-order valence-corrected chi connectivity index (χ1v) is 8.44. The molecular weight excluding hydrogens is 320 g/mol. The molecule has 0 saturated heterocycles. The zero-order chi connectivity index (χ0) is 18.1. The summed E-state index contributed by atoms with van der Waals surface area (Å²) < 4.78 is 9.10. The van der Waals surface area contributed by atoms with E-state index in [1.165, 1.54) is 0 Å². The van der Waals surface area contributed by atoms with E-state index in [0.29, 0.717) is 48.6 Å². The SMILES string of the molecule is CCc1nc(C)c2c(=O)n(C)c3ccc(OCCCC(C)=O)nc3n12. The van der Waals surface area contributed by atoms with Crippen molar-refractivity contribution in [1.82, 2.24) is 18.9 Å². The minimum absolute atomic E-state index is 0.0888. The maximum atomic E-state index is 12.7. The normalized spacial score (nSPS) is 11.4. The van der Waals surface area contributed by atoms with Gasteiger partial charge in [0.05, 0.1) is 17.8 Å². The molecule has 0 aliphatic heterocycles. The summed E-state index contributed by atoms with van der Waals surface area (Å²) in [6, 6.07) is 3.58. The third-order valence-electron chi connectivity index (χ3n) is 4.27. The zero-order valence-electron chi connectivity index (χ0n) is 15.0. The van der Waals surface area contributed by atoms with E-state index in [0.717, 1.165) is 11.3 Å². The third kappa shape index (κ3) is 3.01. The average molecular weight is 342 g/mol. The number of rotatable bonds is 6. The van der Waals surface area contributed by atoms with Gasteiger partial charge in [-0.05, 0) is 26.3 Å². The van der Waals surface area contributed by atoms with Gasteiger partial charge >= 0.3 is 0 Å². The molecule has 132 valence electrons. The summed E-state index contributed by atoms with van der Waals surface area (Å²) in [5, 5.41) is 0. The number of ether oxygens (including phenoxy) is 1. The van der Waals surface area contributed by atoms with Crippen LogP contribution >= 0.6 is 0 Å². The number of hydrogen-bond donors (Lipinski definition) is 0. The van der Waals surface area contributed by atoms with Gasteiger partial charge in [0, 0.05) is 26.0 Å². The molecule has 3 heterocycles. The molecule has 7 nitrogen and oxygen atoms in total. The van der Waals surface area contributed by atoms with Gasteiger partial charge in [0.15, 0.2) is 5.65 Å². The van der Waals surface area contributed by atoms with Crippen molar-refractivity contribution >= 4 is 22.5 Å². The molecule has 0 bridgehead atoms. The van der Waals surface area contributed by atoms with Gasteiger partial charge in [-0.25, -0.2) is 4.98 Å².